The van der Waals surface area contributed by atoms with Crippen LogP contribution in [0.5, 0.6) is 5.75 Å². The standard InChI is InChI=1S/C28H40O/c1-3-5-7-8-9-10-11-24-29-28-22-20-27(21-23-28)15-12-14-26-18-16-25(17-19-26)13-6-4-2/h12,15-23H,3-11,13-14,24H2,1-2H3/b15-12+. The molecule has 0 aliphatic heterocycles. The van der Waals surface area contributed by atoms with E-state index in [1.54, 1.807) is 0 Å². The van der Waals surface area contributed by atoms with E-state index in [0.717, 1.165) is 25.2 Å². The molecule has 0 radical (unpaired) electrons. The van der Waals surface area contributed by atoms with E-state index in [2.05, 4.69) is 74.5 Å². The summed E-state index contributed by atoms with van der Waals surface area (Å²) in [7, 11) is 0. The summed E-state index contributed by atoms with van der Waals surface area (Å²) in [4.78, 5) is 0. The van der Waals surface area contributed by atoms with Crippen LogP contribution in [0.15, 0.2) is 54.6 Å². The van der Waals surface area contributed by atoms with Gasteiger partial charge in [0, 0.05) is 0 Å². The van der Waals surface area contributed by atoms with Crippen molar-refractivity contribution >= 4 is 6.08 Å². The molecule has 0 aromatic heterocycles. The van der Waals surface area contributed by atoms with Crippen molar-refractivity contribution in [3.63, 3.8) is 0 Å². The minimum Gasteiger partial charge on any atom is -0.494 e. The van der Waals surface area contributed by atoms with Crippen LogP contribution in [0.25, 0.3) is 6.08 Å². The van der Waals surface area contributed by atoms with E-state index in [9.17, 15) is 0 Å². The van der Waals surface area contributed by atoms with Crippen molar-refractivity contribution in [3.05, 3.63) is 71.3 Å². The molecule has 1 heteroatoms. The largest absolute Gasteiger partial charge is 0.494 e. The van der Waals surface area contributed by atoms with Crippen LogP contribution < -0.4 is 4.74 Å². The van der Waals surface area contributed by atoms with Gasteiger partial charge in [0.1, 0.15) is 5.75 Å². The molecule has 0 atom stereocenters. The first-order valence-electron chi connectivity index (χ1n) is 11.8. The summed E-state index contributed by atoms with van der Waals surface area (Å²) < 4.78 is 5.88. The second kappa shape index (κ2) is 14.9. The van der Waals surface area contributed by atoms with Crippen LogP contribution in [0, 0.1) is 0 Å². The fourth-order valence-corrected chi connectivity index (χ4v) is 3.48. The zero-order chi connectivity index (χ0) is 20.6. The molecule has 0 heterocycles. The third-order valence-corrected chi connectivity index (χ3v) is 5.40. The van der Waals surface area contributed by atoms with Gasteiger partial charge in [-0.3, -0.25) is 0 Å². The fraction of sp³-hybridized carbons (Fsp3) is 0.500. The average molecular weight is 393 g/mol. The summed E-state index contributed by atoms with van der Waals surface area (Å²) in [5, 5.41) is 0. The molecule has 0 spiro atoms. The summed E-state index contributed by atoms with van der Waals surface area (Å²) in [6, 6.07) is 17.5. The smallest absolute Gasteiger partial charge is 0.119 e. The molecule has 0 fully saturated rings. The summed E-state index contributed by atoms with van der Waals surface area (Å²) in [6.07, 6.45) is 18.4. The summed E-state index contributed by atoms with van der Waals surface area (Å²) >= 11 is 0. The van der Waals surface area contributed by atoms with Gasteiger partial charge in [0.15, 0.2) is 0 Å². The molecule has 0 unspecified atom stereocenters. The number of rotatable bonds is 15. The van der Waals surface area contributed by atoms with Gasteiger partial charge in [-0.1, -0.05) is 107 Å². The first-order chi connectivity index (χ1) is 14.3. The summed E-state index contributed by atoms with van der Waals surface area (Å²) in [6.45, 7) is 5.34. The Labute approximate surface area is 179 Å². The Morgan fingerprint density at radius 3 is 1.97 bits per heavy atom. The van der Waals surface area contributed by atoms with Crippen molar-refractivity contribution in [2.24, 2.45) is 0 Å². The second-order valence-corrected chi connectivity index (χ2v) is 8.07. The Hall–Kier alpha value is -2.02. The molecule has 0 saturated heterocycles. The molecule has 0 N–H and O–H groups in total. The highest BCUT2D eigenvalue weighted by Gasteiger charge is 1.96. The van der Waals surface area contributed by atoms with E-state index in [4.69, 9.17) is 4.74 Å². The van der Waals surface area contributed by atoms with Crippen LogP contribution in [0.3, 0.4) is 0 Å². The SMILES string of the molecule is CCCCCCCCCOc1ccc(/C=C/Cc2ccc(CCCC)cc2)cc1. The zero-order valence-corrected chi connectivity index (χ0v) is 18.7. The third-order valence-electron chi connectivity index (χ3n) is 5.40. The zero-order valence-electron chi connectivity index (χ0n) is 18.7. The normalized spacial score (nSPS) is 11.2. The van der Waals surface area contributed by atoms with E-state index < -0.39 is 0 Å². The molecule has 0 saturated carbocycles. The third kappa shape index (κ3) is 10.4. The number of aryl methyl sites for hydroxylation is 1. The van der Waals surface area contributed by atoms with Crippen molar-refractivity contribution in [3.8, 4) is 5.75 Å². The number of ether oxygens (including phenoxy) is 1. The lowest BCUT2D eigenvalue weighted by Crippen LogP contribution is -1.97. The Kier molecular flexibility index (Phi) is 12.0. The highest BCUT2D eigenvalue weighted by atomic mass is 16.5. The number of hydrogen-bond donors (Lipinski definition) is 0. The first kappa shape index (κ1) is 23.3. The molecule has 29 heavy (non-hydrogen) atoms. The maximum atomic E-state index is 5.88. The van der Waals surface area contributed by atoms with Gasteiger partial charge in [-0.2, -0.15) is 0 Å². The highest BCUT2D eigenvalue weighted by molar-refractivity contribution is 5.51. The van der Waals surface area contributed by atoms with Gasteiger partial charge in [-0.15, -0.1) is 0 Å². The van der Waals surface area contributed by atoms with Crippen LogP contribution in [0.2, 0.25) is 0 Å². The van der Waals surface area contributed by atoms with Gasteiger partial charge < -0.3 is 4.74 Å². The van der Waals surface area contributed by atoms with E-state index in [-0.39, 0.29) is 0 Å². The van der Waals surface area contributed by atoms with Crippen molar-refractivity contribution in [1.29, 1.82) is 0 Å². The predicted molar refractivity (Wildman–Crippen MR) is 128 cm³/mol. The molecule has 2 aromatic carbocycles. The molecule has 0 aliphatic carbocycles. The van der Waals surface area contributed by atoms with Crippen LogP contribution >= 0.6 is 0 Å². The number of allylic oxidation sites excluding steroid dienone is 1. The maximum absolute atomic E-state index is 5.88. The Bertz CT molecular complexity index is 666. The second-order valence-electron chi connectivity index (χ2n) is 8.07. The monoisotopic (exact) mass is 392 g/mol. The Morgan fingerprint density at radius 1 is 0.655 bits per heavy atom. The lowest BCUT2D eigenvalue weighted by atomic mass is 10.0. The van der Waals surface area contributed by atoms with Crippen molar-refractivity contribution in [2.75, 3.05) is 6.61 Å². The summed E-state index contributed by atoms with van der Waals surface area (Å²) in [5.41, 5.74) is 4.05. The van der Waals surface area contributed by atoms with Crippen molar-refractivity contribution in [1.82, 2.24) is 0 Å². The average Bonchev–Trinajstić information content (AvgIpc) is 2.76. The molecule has 1 nitrogen and oxygen atoms in total. The number of unbranched alkanes of at least 4 members (excludes halogenated alkanes) is 7. The van der Waals surface area contributed by atoms with Gasteiger partial charge in [0.25, 0.3) is 0 Å². The lowest BCUT2D eigenvalue weighted by molar-refractivity contribution is 0.304. The van der Waals surface area contributed by atoms with Crippen molar-refractivity contribution < 1.29 is 4.74 Å². The molecule has 158 valence electrons. The van der Waals surface area contributed by atoms with E-state index in [1.807, 2.05) is 0 Å². The van der Waals surface area contributed by atoms with E-state index >= 15 is 0 Å². The predicted octanol–water partition coefficient (Wildman–Crippen LogP) is 8.41. The van der Waals surface area contributed by atoms with Crippen LogP contribution in [-0.4, -0.2) is 6.61 Å². The molecule has 2 aromatic rings. The van der Waals surface area contributed by atoms with Crippen LogP contribution in [0.4, 0.5) is 0 Å². The first-order valence-corrected chi connectivity index (χ1v) is 11.8. The minimum absolute atomic E-state index is 0.831. The van der Waals surface area contributed by atoms with Gasteiger partial charge >= 0.3 is 0 Å². The summed E-state index contributed by atoms with van der Waals surface area (Å²) in [5.74, 6) is 0.982. The molecule has 0 aliphatic rings. The van der Waals surface area contributed by atoms with Gasteiger partial charge in [0.05, 0.1) is 6.61 Å². The topological polar surface area (TPSA) is 9.23 Å². The van der Waals surface area contributed by atoms with E-state index in [1.165, 1.54) is 74.5 Å². The fourth-order valence-electron chi connectivity index (χ4n) is 3.48. The maximum Gasteiger partial charge on any atom is 0.119 e. The number of benzene rings is 2. The van der Waals surface area contributed by atoms with Crippen LogP contribution in [0.1, 0.15) is 88.3 Å². The molecule has 0 bridgehead atoms. The minimum atomic E-state index is 0.831. The number of hydrogen-bond acceptors (Lipinski definition) is 1. The lowest BCUT2D eigenvalue weighted by Gasteiger charge is -2.06. The molecular weight excluding hydrogens is 352 g/mol. The molecule has 2 rings (SSSR count). The Morgan fingerprint density at radius 2 is 1.28 bits per heavy atom. The highest BCUT2D eigenvalue weighted by Crippen LogP contribution is 2.15. The van der Waals surface area contributed by atoms with E-state index in [0.29, 0.717) is 0 Å². The van der Waals surface area contributed by atoms with Gasteiger partial charge in [0.2, 0.25) is 0 Å². The molecule has 0 amide bonds. The van der Waals surface area contributed by atoms with Gasteiger partial charge in [-0.05, 0) is 54.5 Å². The van der Waals surface area contributed by atoms with Crippen molar-refractivity contribution in [2.45, 2.75) is 84.5 Å². The van der Waals surface area contributed by atoms with Gasteiger partial charge in [-0.25, -0.2) is 0 Å². The Balaban J connectivity index is 1.64. The molecular formula is C28H40O. The quantitative estimate of drug-likeness (QED) is 0.276. The van der Waals surface area contributed by atoms with Crippen LogP contribution in [-0.2, 0) is 12.8 Å².